The lowest BCUT2D eigenvalue weighted by molar-refractivity contribution is -0.121. The number of carbonyl (C=O) groups is 1. The highest BCUT2D eigenvalue weighted by Crippen LogP contribution is 2.44. The van der Waals surface area contributed by atoms with Crippen LogP contribution in [0.4, 0.5) is 20.2 Å². The lowest BCUT2D eigenvalue weighted by Gasteiger charge is -2.34. The summed E-state index contributed by atoms with van der Waals surface area (Å²) in [5.74, 6) is 1.39. The minimum absolute atomic E-state index is 0.0158. The van der Waals surface area contributed by atoms with E-state index in [1.165, 1.54) is 72.1 Å². The monoisotopic (exact) mass is 935 g/mol. The quantitative estimate of drug-likeness (QED) is 0.0545. The molecule has 0 saturated carbocycles. The van der Waals surface area contributed by atoms with Crippen LogP contribution in [0.3, 0.4) is 0 Å². The van der Waals surface area contributed by atoms with E-state index in [4.69, 9.17) is 9.47 Å². The number of alkyl halides is 2. The third-order valence-corrected chi connectivity index (χ3v) is 13.9. The zero-order chi connectivity index (χ0) is 47.3. The van der Waals surface area contributed by atoms with E-state index in [9.17, 15) is 18.4 Å². The van der Waals surface area contributed by atoms with Crippen molar-refractivity contribution in [2.45, 2.75) is 123 Å². The van der Waals surface area contributed by atoms with Crippen molar-refractivity contribution in [2.24, 2.45) is 7.05 Å². The molecule has 358 valence electrons. The number of hydrogen-bond donors (Lipinski definition) is 2. The Kier molecular flexibility index (Phi) is 17.6. The van der Waals surface area contributed by atoms with Crippen molar-refractivity contribution < 1.29 is 23.0 Å². The van der Waals surface area contributed by atoms with Crippen LogP contribution < -0.4 is 30.6 Å². The van der Waals surface area contributed by atoms with Crippen molar-refractivity contribution in [2.75, 3.05) is 38.8 Å². The SMILES string of the molecule is CNCc1ccc(-c2scnc2C)cc1OCCCCCCCCCCCCCCNC(=O)Cn1cc(-c2cc3c(cc2C(F)F)N(c2cc(OC)cc4c2cc(C)c(=O)n4C)CCC3)cn1. The summed E-state index contributed by atoms with van der Waals surface area (Å²) < 4.78 is 44.7. The normalized spacial score (nSPS) is 12.6. The third kappa shape index (κ3) is 12.5. The van der Waals surface area contributed by atoms with Gasteiger partial charge in [-0.25, -0.2) is 13.8 Å². The van der Waals surface area contributed by atoms with Crippen LogP contribution in [-0.4, -0.2) is 59.1 Å². The molecule has 1 aliphatic heterocycles. The number of aryl methyl sites for hydroxylation is 4. The number of nitrogens with zero attached hydrogens (tertiary/aromatic N) is 5. The summed E-state index contributed by atoms with van der Waals surface area (Å²) in [6.07, 6.45) is 16.2. The third-order valence-electron chi connectivity index (χ3n) is 12.9. The van der Waals surface area contributed by atoms with E-state index in [1.54, 1.807) is 55.4 Å². The fraction of sp³-hybridized carbons (Fsp3) is 0.472. The predicted molar refractivity (Wildman–Crippen MR) is 267 cm³/mol. The van der Waals surface area contributed by atoms with Gasteiger partial charge in [0.25, 0.3) is 12.0 Å². The van der Waals surface area contributed by atoms with Gasteiger partial charge in [-0.3, -0.25) is 14.3 Å². The number of unbranched alkanes of at least 4 members (excludes halogenated alkanes) is 11. The van der Waals surface area contributed by atoms with Gasteiger partial charge in [0.05, 0.1) is 47.2 Å². The van der Waals surface area contributed by atoms with Gasteiger partial charge in [-0.05, 0) is 87.5 Å². The number of anilines is 2. The Bertz CT molecular complexity index is 2660. The molecule has 0 fully saturated rings. The summed E-state index contributed by atoms with van der Waals surface area (Å²) in [6, 6.07) is 15.5. The van der Waals surface area contributed by atoms with Crippen molar-refractivity contribution in [3.8, 4) is 33.1 Å². The Morgan fingerprint density at radius 1 is 0.896 bits per heavy atom. The zero-order valence-electron chi connectivity index (χ0n) is 39.9. The number of rotatable bonds is 25. The number of amides is 1. The molecule has 0 saturated heterocycles. The highest BCUT2D eigenvalue weighted by Gasteiger charge is 2.27. The second-order valence-electron chi connectivity index (χ2n) is 17.9. The molecule has 14 heteroatoms. The average molecular weight is 936 g/mol. The maximum Gasteiger partial charge on any atom is 0.264 e. The van der Waals surface area contributed by atoms with E-state index in [0.29, 0.717) is 46.7 Å². The van der Waals surface area contributed by atoms with Gasteiger partial charge >= 0.3 is 0 Å². The summed E-state index contributed by atoms with van der Waals surface area (Å²) in [5, 5.41) is 11.5. The van der Waals surface area contributed by atoms with Crippen LogP contribution >= 0.6 is 11.3 Å². The number of pyridine rings is 1. The fourth-order valence-electron chi connectivity index (χ4n) is 9.29. The smallest absolute Gasteiger partial charge is 0.264 e. The van der Waals surface area contributed by atoms with Crippen LogP contribution in [0.25, 0.3) is 32.5 Å². The number of halogens is 2. The number of ether oxygens (including phenoxy) is 2. The first kappa shape index (κ1) is 49.3. The minimum Gasteiger partial charge on any atom is -0.497 e. The highest BCUT2D eigenvalue weighted by molar-refractivity contribution is 7.13. The van der Waals surface area contributed by atoms with Gasteiger partial charge in [-0.2, -0.15) is 5.10 Å². The summed E-state index contributed by atoms with van der Waals surface area (Å²) in [7, 11) is 5.27. The summed E-state index contributed by atoms with van der Waals surface area (Å²) in [5.41, 5.74) is 9.81. The summed E-state index contributed by atoms with van der Waals surface area (Å²) >= 11 is 1.67. The topological polar surface area (TPSA) is 116 Å². The molecule has 1 amide bonds. The molecule has 0 bridgehead atoms. The molecule has 0 unspecified atom stereocenters. The summed E-state index contributed by atoms with van der Waals surface area (Å²) in [4.78, 5) is 33.3. The van der Waals surface area contributed by atoms with Gasteiger partial charge in [0.2, 0.25) is 5.91 Å². The molecular formula is C53H67F2N7O4S. The van der Waals surface area contributed by atoms with Crippen molar-refractivity contribution >= 4 is 39.5 Å². The number of nitrogens with one attached hydrogen (secondary N) is 2. The van der Waals surface area contributed by atoms with Gasteiger partial charge in [0, 0.05) is 78.3 Å². The van der Waals surface area contributed by atoms with Gasteiger partial charge in [-0.15, -0.1) is 11.3 Å². The molecule has 4 heterocycles. The predicted octanol–water partition coefficient (Wildman–Crippen LogP) is 11.8. The second kappa shape index (κ2) is 23.9. The molecule has 7 rings (SSSR count). The molecule has 0 aliphatic carbocycles. The number of thiazole rings is 1. The Labute approximate surface area is 397 Å². The standard InChI is InChI=1S/C53H67F2N7O4S/c1-36-25-45-47(60(4)53(36)64)28-42(65-5)29-48(45)62-23-18-19-38-26-43(44(52(54)55)30-46(38)62)41-32-59-61(33-41)34-50(63)57-22-16-14-12-10-8-6-7-9-11-13-15-17-24-66-49-27-39(20-21-40(49)31-56-3)51-37(2)58-35-67-51/h20-21,25-30,32-33,35,52,56H,6-19,22-24,31,34H2,1-5H3,(H,57,63). The Balaban J connectivity index is 0.787. The number of carbonyl (C=O) groups excluding carboxylic acids is 1. The van der Waals surface area contributed by atoms with Crippen molar-refractivity contribution in [1.29, 1.82) is 0 Å². The van der Waals surface area contributed by atoms with E-state index < -0.39 is 6.43 Å². The van der Waals surface area contributed by atoms with Crippen LogP contribution in [0.1, 0.15) is 118 Å². The fourth-order valence-corrected chi connectivity index (χ4v) is 10.1. The van der Waals surface area contributed by atoms with Crippen LogP contribution in [-0.2, 0) is 31.4 Å². The highest BCUT2D eigenvalue weighted by atomic mass is 32.1. The number of methoxy groups -OCH3 is 1. The second-order valence-corrected chi connectivity index (χ2v) is 18.7. The Morgan fingerprint density at radius 2 is 1.63 bits per heavy atom. The number of aromatic nitrogens is 4. The van der Waals surface area contributed by atoms with Crippen LogP contribution in [0.15, 0.2) is 71.2 Å². The molecule has 3 aromatic carbocycles. The van der Waals surface area contributed by atoms with Gasteiger partial charge in [0.15, 0.2) is 0 Å². The molecule has 6 aromatic rings. The maximum absolute atomic E-state index is 14.9. The Morgan fingerprint density at radius 3 is 2.31 bits per heavy atom. The molecule has 0 atom stereocenters. The molecule has 11 nitrogen and oxygen atoms in total. The molecule has 67 heavy (non-hydrogen) atoms. The molecule has 1 aliphatic rings. The van der Waals surface area contributed by atoms with Crippen LogP contribution in [0, 0.1) is 13.8 Å². The van der Waals surface area contributed by atoms with Gasteiger partial charge < -0.3 is 29.6 Å². The number of benzene rings is 3. The van der Waals surface area contributed by atoms with E-state index in [-0.39, 0.29) is 23.6 Å². The molecule has 3 aromatic heterocycles. The van der Waals surface area contributed by atoms with Gasteiger partial charge in [-0.1, -0.05) is 76.3 Å². The molecular weight excluding hydrogens is 869 g/mol. The molecule has 0 radical (unpaired) electrons. The van der Waals surface area contributed by atoms with E-state index >= 15 is 0 Å². The largest absolute Gasteiger partial charge is 0.497 e. The first-order valence-corrected chi connectivity index (χ1v) is 25.0. The average Bonchev–Trinajstić information content (AvgIpc) is 3.99. The van der Waals surface area contributed by atoms with E-state index in [1.807, 2.05) is 43.7 Å². The lowest BCUT2D eigenvalue weighted by atomic mass is 9.92. The van der Waals surface area contributed by atoms with Gasteiger partial charge in [0.1, 0.15) is 18.0 Å². The van der Waals surface area contributed by atoms with Crippen molar-refractivity contribution in [3.63, 3.8) is 0 Å². The first-order valence-electron chi connectivity index (χ1n) is 24.1. The molecule has 0 spiro atoms. The zero-order valence-corrected chi connectivity index (χ0v) is 40.7. The first-order chi connectivity index (χ1) is 32.6. The van der Waals surface area contributed by atoms with Crippen molar-refractivity contribution in [1.82, 2.24) is 30.0 Å². The lowest BCUT2D eigenvalue weighted by Crippen LogP contribution is -2.28. The number of hydrogen-bond acceptors (Lipinski definition) is 9. The van der Waals surface area contributed by atoms with Crippen LogP contribution in [0.5, 0.6) is 11.5 Å². The van der Waals surface area contributed by atoms with E-state index in [0.717, 1.165) is 79.8 Å². The number of fused-ring (bicyclic) bond motifs is 2. The minimum atomic E-state index is -2.74. The van der Waals surface area contributed by atoms with Crippen LogP contribution in [0.2, 0.25) is 0 Å². The Hall–Kier alpha value is -5.60. The maximum atomic E-state index is 14.9. The summed E-state index contributed by atoms with van der Waals surface area (Å²) in [6.45, 7) is 6.58. The van der Waals surface area contributed by atoms with E-state index in [2.05, 4.69) is 43.8 Å². The van der Waals surface area contributed by atoms with Crippen molar-refractivity contribution in [3.05, 3.63) is 105 Å². The molecule has 2 N–H and O–H groups in total.